The standard InChI is InChI=1S/C12H18N4O2S2/c1-7(2)13-9(17)6-19-12-16-15-11(20-12)14-10(18)8-4-3-5-8/h7-8H,3-6H2,1-2H3,(H,13,17)(H,14,15,18). The van der Waals surface area contributed by atoms with Crippen LogP contribution < -0.4 is 10.6 Å². The Kier molecular flexibility index (Phi) is 5.36. The zero-order valence-electron chi connectivity index (χ0n) is 11.5. The van der Waals surface area contributed by atoms with E-state index in [1.54, 1.807) is 0 Å². The van der Waals surface area contributed by atoms with Gasteiger partial charge in [-0.25, -0.2) is 0 Å². The Morgan fingerprint density at radius 3 is 2.75 bits per heavy atom. The highest BCUT2D eigenvalue weighted by Crippen LogP contribution is 2.29. The number of anilines is 1. The number of nitrogens with zero attached hydrogens (tertiary/aromatic N) is 2. The van der Waals surface area contributed by atoms with E-state index in [0.29, 0.717) is 15.2 Å². The van der Waals surface area contributed by atoms with Gasteiger partial charge in [-0.3, -0.25) is 9.59 Å². The minimum atomic E-state index is -0.0275. The van der Waals surface area contributed by atoms with Crippen molar-refractivity contribution in [1.82, 2.24) is 15.5 Å². The molecule has 1 heterocycles. The van der Waals surface area contributed by atoms with Crippen LogP contribution in [0.3, 0.4) is 0 Å². The van der Waals surface area contributed by atoms with Gasteiger partial charge in [0.05, 0.1) is 5.75 Å². The monoisotopic (exact) mass is 314 g/mol. The Morgan fingerprint density at radius 2 is 2.15 bits per heavy atom. The maximum atomic E-state index is 11.7. The van der Waals surface area contributed by atoms with Crippen molar-refractivity contribution >= 4 is 40.0 Å². The molecular weight excluding hydrogens is 296 g/mol. The van der Waals surface area contributed by atoms with Crippen LogP contribution in [0.25, 0.3) is 0 Å². The summed E-state index contributed by atoms with van der Waals surface area (Å²) in [6, 6.07) is 0.134. The molecule has 1 aliphatic rings. The van der Waals surface area contributed by atoms with Gasteiger partial charge >= 0.3 is 0 Å². The van der Waals surface area contributed by atoms with Gasteiger partial charge < -0.3 is 10.6 Å². The van der Waals surface area contributed by atoms with E-state index >= 15 is 0 Å². The number of amides is 2. The molecule has 0 aromatic carbocycles. The van der Waals surface area contributed by atoms with Crippen LogP contribution in [0.1, 0.15) is 33.1 Å². The van der Waals surface area contributed by atoms with E-state index in [0.717, 1.165) is 19.3 Å². The molecular formula is C12H18N4O2S2. The van der Waals surface area contributed by atoms with Crippen molar-refractivity contribution in [2.75, 3.05) is 11.1 Å². The molecule has 110 valence electrons. The molecule has 1 aromatic heterocycles. The third-order valence-corrected chi connectivity index (χ3v) is 4.86. The SMILES string of the molecule is CC(C)NC(=O)CSc1nnc(NC(=O)C2CCC2)s1. The lowest BCUT2D eigenvalue weighted by Gasteiger charge is -2.23. The van der Waals surface area contributed by atoms with Crippen LogP contribution in [0.5, 0.6) is 0 Å². The Labute approximate surface area is 126 Å². The van der Waals surface area contributed by atoms with Crippen molar-refractivity contribution in [3.05, 3.63) is 0 Å². The zero-order valence-corrected chi connectivity index (χ0v) is 13.1. The molecule has 1 saturated carbocycles. The normalized spacial score (nSPS) is 14.9. The second-order valence-electron chi connectivity index (χ2n) is 5.00. The van der Waals surface area contributed by atoms with E-state index in [1.165, 1.54) is 23.1 Å². The highest BCUT2D eigenvalue weighted by molar-refractivity contribution is 8.01. The fraction of sp³-hybridized carbons (Fsp3) is 0.667. The van der Waals surface area contributed by atoms with Crippen molar-refractivity contribution in [1.29, 1.82) is 0 Å². The number of aromatic nitrogens is 2. The van der Waals surface area contributed by atoms with Crippen molar-refractivity contribution < 1.29 is 9.59 Å². The first-order valence-electron chi connectivity index (χ1n) is 6.61. The highest BCUT2D eigenvalue weighted by atomic mass is 32.2. The summed E-state index contributed by atoms with van der Waals surface area (Å²) in [5.74, 6) is 0.442. The van der Waals surface area contributed by atoms with E-state index < -0.39 is 0 Å². The van der Waals surface area contributed by atoms with Crippen LogP contribution in [-0.2, 0) is 9.59 Å². The first kappa shape index (κ1) is 15.2. The summed E-state index contributed by atoms with van der Waals surface area (Å²) < 4.78 is 0.688. The molecule has 0 spiro atoms. The topological polar surface area (TPSA) is 84.0 Å². The van der Waals surface area contributed by atoms with Crippen molar-refractivity contribution in [3.8, 4) is 0 Å². The number of thioether (sulfide) groups is 1. The lowest BCUT2D eigenvalue weighted by atomic mass is 9.85. The van der Waals surface area contributed by atoms with Gasteiger partial charge in [-0.05, 0) is 26.7 Å². The molecule has 20 heavy (non-hydrogen) atoms. The Balaban J connectivity index is 1.77. The Bertz CT molecular complexity index is 486. The average Bonchev–Trinajstić information content (AvgIpc) is 2.70. The molecule has 0 atom stereocenters. The molecule has 2 amide bonds. The minimum Gasteiger partial charge on any atom is -0.353 e. The van der Waals surface area contributed by atoms with Crippen LogP contribution in [0.2, 0.25) is 0 Å². The van der Waals surface area contributed by atoms with E-state index in [2.05, 4.69) is 20.8 Å². The van der Waals surface area contributed by atoms with Crippen LogP contribution in [0.4, 0.5) is 5.13 Å². The number of hydrogen-bond acceptors (Lipinski definition) is 6. The van der Waals surface area contributed by atoms with Crippen LogP contribution >= 0.6 is 23.1 Å². The largest absolute Gasteiger partial charge is 0.353 e. The molecule has 8 heteroatoms. The van der Waals surface area contributed by atoms with Gasteiger partial charge in [0.2, 0.25) is 16.9 Å². The van der Waals surface area contributed by atoms with Crippen molar-refractivity contribution in [2.45, 2.75) is 43.5 Å². The Hall–Kier alpha value is -1.15. The summed E-state index contributed by atoms with van der Waals surface area (Å²) in [4.78, 5) is 23.3. The molecule has 2 N–H and O–H groups in total. The number of carbonyl (C=O) groups is 2. The van der Waals surface area contributed by atoms with Gasteiger partial charge in [-0.1, -0.05) is 29.5 Å². The number of rotatable bonds is 6. The lowest BCUT2D eigenvalue weighted by molar-refractivity contribution is -0.122. The maximum Gasteiger partial charge on any atom is 0.230 e. The smallest absolute Gasteiger partial charge is 0.230 e. The molecule has 0 unspecified atom stereocenters. The lowest BCUT2D eigenvalue weighted by Crippen LogP contribution is -2.31. The minimum absolute atomic E-state index is 0.0275. The molecule has 0 aliphatic heterocycles. The predicted octanol–water partition coefficient (Wildman–Crippen LogP) is 1.89. The summed E-state index contributed by atoms with van der Waals surface area (Å²) in [6.07, 6.45) is 3.05. The summed E-state index contributed by atoms with van der Waals surface area (Å²) in [5.41, 5.74) is 0. The van der Waals surface area contributed by atoms with Crippen LogP contribution in [0.15, 0.2) is 4.34 Å². The third-order valence-electron chi connectivity index (χ3n) is 2.89. The summed E-state index contributed by atoms with van der Waals surface area (Å²) in [7, 11) is 0. The van der Waals surface area contributed by atoms with Crippen molar-refractivity contribution in [3.63, 3.8) is 0 Å². The van der Waals surface area contributed by atoms with Gasteiger partial charge in [-0.2, -0.15) is 0 Å². The van der Waals surface area contributed by atoms with Crippen LogP contribution in [0, 0.1) is 5.92 Å². The molecule has 0 radical (unpaired) electrons. The number of carbonyl (C=O) groups excluding carboxylic acids is 2. The summed E-state index contributed by atoms with van der Waals surface area (Å²) >= 11 is 2.63. The van der Waals surface area contributed by atoms with E-state index in [9.17, 15) is 9.59 Å². The molecule has 1 fully saturated rings. The van der Waals surface area contributed by atoms with E-state index in [1.807, 2.05) is 13.8 Å². The van der Waals surface area contributed by atoms with Gasteiger partial charge in [0.25, 0.3) is 0 Å². The molecule has 6 nitrogen and oxygen atoms in total. The van der Waals surface area contributed by atoms with Crippen LogP contribution in [-0.4, -0.2) is 33.8 Å². The molecule has 2 rings (SSSR count). The molecule has 1 aliphatic carbocycles. The van der Waals surface area contributed by atoms with Gasteiger partial charge in [0.1, 0.15) is 0 Å². The first-order chi connectivity index (χ1) is 9.54. The summed E-state index contributed by atoms with van der Waals surface area (Å²) in [5, 5.41) is 14.0. The average molecular weight is 314 g/mol. The fourth-order valence-corrected chi connectivity index (χ4v) is 3.25. The first-order valence-corrected chi connectivity index (χ1v) is 8.41. The van der Waals surface area contributed by atoms with E-state index in [4.69, 9.17) is 0 Å². The quantitative estimate of drug-likeness (QED) is 0.619. The second-order valence-corrected chi connectivity index (χ2v) is 7.20. The van der Waals surface area contributed by atoms with E-state index in [-0.39, 0.29) is 23.8 Å². The predicted molar refractivity (Wildman–Crippen MR) is 79.9 cm³/mol. The van der Waals surface area contributed by atoms with Gasteiger partial charge in [0.15, 0.2) is 4.34 Å². The number of nitrogens with one attached hydrogen (secondary N) is 2. The fourth-order valence-electron chi connectivity index (χ4n) is 1.69. The van der Waals surface area contributed by atoms with Gasteiger partial charge in [-0.15, -0.1) is 10.2 Å². The molecule has 0 saturated heterocycles. The highest BCUT2D eigenvalue weighted by Gasteiger charge is 2.26. The number of hydrogen-bond donors (Lipinski definition) is 2. The summed E-state index contributed by atoms with van der Waals surface area (Å²) in [6.45, 7) is 3.84. The molecule has 1 aromatic rings. The third kappa shape index (κ3) is 4.45. The maximum absolute atomic E-state index is 11.7. The zero-order chi connectivity index (χ0) is 14.5. The van der Waals surface area contributed by atoms with Gasteiger partial charge in [0, 0.05) is 12.0 Å². The Morgan fingerprint density at radius 1 is 1.40 bits per heavy atom. The second kappa shape index (κ2) is 7.03. The molecule has 0 bridgehead atoms. The van der Waals surface area contributed by atoms with Crippen molar-refractivity contribution in [2.24, 2.45) is 5.92 Å².